The highest BCUT2D eigenvalue weighted by Crippen LogP contribution is 2.28. The zero-order valence-corrected chi connectivity index (χ0v) is 13.8. The third-order valence-corrected chi connectivity index (χ3v) is 5.31. The summed E-state index contributed by atoms with van der Waals surface area (Å²) in [5.74, 6) is 0. The van der Waals surface area contributed by atoms with E-state index >= 15 is 0 Å². The van der Waals surface area contributed by atoms with Crippen LogP contribution < -0.4 is 5.32 Å². The third kappa shape index (κ3) is 3.83. The first-order valence-corrected chi connectivity index (χ1v) is 7.69. The van der Waals surface area contributed by atoms with Crippen LogP contribution in [0.2, 0.25) is 0 Å². The Balaban J connectivity index is 2.03. The van der Waals surface area contributed by atoms with Crippen LogP contribution in [0.25, 0.3) is 0 Å². The first kappa shape index (κ1) is 13.6. The molecule has 1 aliphatic rings. The van der Waals surface area contributed by atoms with Gasteiger partial charge in [0.1, 0.15) is 0 Å². The van der Waals surface area contributed by atoms with E-state index in [0.29, 0.717) is 6.04 Å². The summed E-state index contributed by atoms with van der Waals surface area (Å²) in [6, 6.07) is 6.90. The SMILES string of the molecule is CC1(C)CC(Nc2ccc(Br)c(I)c2)CCO1. The van der Waals surface area contributed by atoms with Crippen LogP contribution >= 0.6 is 38.5 Å². The van der Waals surface area contributed by atoms with Gasteiger partial charge in [0.2, 0.25) is 0 Å². The lowest BCUT2D eigenvalue weighted by Gasteiger charge is -2.36. The maximum absolute atomic E-state index is 5.73. The van der Waals surface area contributed by atoms with Gasteiger partial charge in [0.15, 0.2) is 0 Å². The van der Waals surface area contributed by atoms with Crippen molar-refractivity contribution in [2.45, 2.75) is 38.3 Å². The first-order chi connectivity index (χ1) is 7.96. The molecular formula is C13H17BrINO. The lowest BCUT2D eigenvalue weighted by Crippen LogP contribution is -2.40. The van der Waals surface area contributed by atoms with Gasteiger partial charge in [0.05, 0.1) is 5.60 Å². The second-order valence-electron chi connectivity index (χ2n) is 5.07. The Hall–Kier alpha value is 0.190. The Morgan fingerprint density at radius 3 is 2.88 bits per heavy atom. The van der Waals surface area contributed by atoms with Crippen LogP contribution in [0.3, 0.4) is 0 Å². The van der Waals surface area contributed by atoms with Gasteiger partial charge in [-0.3, -0.25) is 0 Å². The third-order valence-electron chi connectivity index (χ3n) is 2.99. The fourth-order valence-electron chi connectivity index (χ4n) is 2.18. The highest BCUT2D eigenvalue weighted by Gasteiger charge is 2.28. The standard InChI is InChI=1S/C13H17BrINO/c1-13(2)8-10(5-6-17-13)16-9-3-4-11(14)12(15)7-9/h3-4,7,10,16H,5-6,8H2,1-2H3. The molecule has 1 aromatic rings. The molecule has 94 valence electrons. The lowest BCUT2D eigenvalue weighted by molar-refractivity contribution is -0.0553. The molecule has 1 heterocycles. The summed E-state index contributed by atoms with van der Waals surface area (Å²) >= 11 is 5.86. The second-order valence-corrected chi connectivity index (χ2v) is 7.09. The molecular weight excluding hydrogens is 393 g/mol. The van der Waals surface area contributed by atoms with E-state index in [-0.39, 0.29) is 5.60 Å². The van der Waals surface area contributed by atoms with Gasteiger partial charge in [-0.05, 0) is 83.4 Å². The Labute approximate surface area is 125 Å². The molecule has 1 aliphatic heterocycles. The van der Waals surface area contributed by atoms with E-state index in [9.17, 15) is 0 Å². The van der Waals surface area contributed by atoms with Crippen molar-refractivity contribution in [3.8, 4) is 0 Å². The van der Waals surface area contributed by atoms with Gasteiger partial charge in [-0.25, -0.2) is 0 Å². The molecule has 1 saturated heterocycles. The lowest BCUT2D eigenvalue weighted by atomic mass is 9.94. The van der Waals surface area contributed by atoms with Gasteiger partial charge in [0.25, 0.3) is 0 Å². The maximum Gasteiger partial charge on any atom is 0.0646 e. The first-order valence-electron chi connectivity index (χ1n) is 5.82. The number of hydrogen-bond acceptors (Lipinski definition) is 2. The Morgan fingerprint density at radius 2 is 2.24 bits per heavy atom. The van der Waals surface area contributed by atoms with Gasteiger partial charge in [-0.1, -0.05) is 0 Å². The van der Waals surface area contributed by atoms with Crippen LogP contribution in [0.5, 0.6) is 0 Å². The van der Waals surface area contributed by atoms with Crippen LogP contribution in [0.1, 0.15) is 26.7 Å². The van der Waals surface area contributed by atoms with Crippen LogP contribution in [0.4, 0.5) is 5.69 Å². The van der Waals surface area contributed by atoms with Crippen molar-refractivity contribution in [1.29, 1.82) is 0 Å². The molecule has 0 radical (unpaired) electrons. The molecule has 2 nitrogen and oxygen atoms in total. The number of rotatable bonds is 2. The number of nitrogens with one attached hydrogen (secondary N) is 1. The molecule has 0 aliphatic carbocycles. The van der Waals surface area contributed by atoms with Gasteiger partial charge in [-0.15, -0.1) is 0 Å². The molecule has 1 unspecified atom stereocenters. The molecule has 1 fully saturated rings. The number of ether oxygens (including phenoxy) is 1. The molecule has 1 aromatic carbocycles. The van der Waals surface area contributed by atoms with Crippen LogP contribution in [-0.4, -0.2) is 18.2 Å². The summed E-state index contributed by atoms with van der Waals surface area (Å²) in [6.07, 6.45) is 2.13. The van der Waals surface area contributed by atoms with Gasteiger partial charge < -0.3 is 10.1 Å². The van der Waals surface area contributed by atoms with E-state index in [2.05, 4.69) is 75.9 Å². The summed E-state index contributed by atoms with van der Waals surface area (Å²) in [6.45, 7) is 5.16. The molecule has 1 atom stereocenters. The van der Waals surface area contributed by atoms with E-state index in [4.69, 9.17) is 4.74 Å². The molecule has 1 N–H and O–H groups in total. The number of halogens is 2. The maximum atomic E-state index is 5.73. The minimum atomic E-state index is -0.00155. The van der Waals surface area contributed by atoms with Crippen molar-refractivity contribution in [1.82, 2.24) is 0 Å². The quantitative estimate of drug-likeness (QED) is 0.730. The van der Waals surface area contributed by atoms with Crippen molar-refractivity contribution in [2.24, 2.45) is 0 Å². The van der Waals surface area contributed by atoms with E-state index in [1.54, 1.807) is 0 Å². The fourth-order valence-corrected chi connectivity index (χ4v) is 2.94. The highest BCUT2D eigenvalue weighted by atomic mass is 127. The van der Waals surface area contributed by atoms with Crippen LogP contribution in [0.15, 0.2) is 22.7 Å². The monoisotopic (exact) mass is 409 g/mol. The predicted octanol–water partition coefficient (Wildman–Crippen LogP) is 4.42. The van der Waals surface area contributed by atoms with E-state index < -0.39 is 0 Å². The molecule has 0 saturated carbocycles. The minimum Gasteiger partial charge on any atom is -0.382 e. The summed E-state index contributed by atoms with van der Waals surface area (Å²) in [7, 11) is 0. The van der Waals surface area contributed by atoms with E-state index in [1.807, 2.05) is 0 Å². The molecule has 2 rings (SSSR count). The topological polar surface area (TPSA) is 21.3 Å². The van der Waals surface area contributed by atoms with Crippen molar-refractivity contribution in [3.05, 3.63) is 26.2 Å². The van der Waals surface area contributed by atoms with Crippen LogP contribution in [-0.2, 0) is 4.74 Å². The number of anilines is 1. The Kier molecular flexibility index (Phi) is 4.36. The summed E-state index contributed by atoms with van der Waals surface area (Å²) in [5, 5.41) is 3.60. The summed E-state index contributed by atoms with van der Waals surface area (Å²) in [5.41, 5.74) is 1.19. The average Bonchev–Trinajstić information content (AvgIpc) is 2.22. The van der Waals surface area contributed by atoms with Crippen molar-refractivity contribution in [3.63, 3.8) is 0 Å². The number of benzene rings is 1. The largest absolute Gasteiger partial charge is 0.382 e. The smallest absolute Gasteiger partial charge is 0.0646 e. The molecule has 0 bridgehead atoms. The number of hydrogen-bond donors (Lipinski definition) is 1. The van der Waals surface area contributed by atoms with E-state index in [0.717, 1.165) is 23.9 Å². The van der Waals surface area contributed by atoms with E-state index in [1.165, 1.54) is 9.26 Å². The summed E-state index contributed by atoms with van der Waals surface area (Å²) in [4.78, 5) is 0. The van der Waals surface area contributed by atoms with Gasteiger partial charge in [-0.2, -0.15) is 0 Å². The molecule has 4 heteroatoms. The molecule has 0 spiro atoms. The molecule has 0 amide bonds. The Morgan fingerprint density at radius 1 is 1.47 bits per heavy atom. The zero-order valence-electron chi connectivity index (χ0n) is 10.1. The normalized spacial score (nSPS) is 23.4. The minimum absolute atomic E-state index is 0.00155. The average molecular weight is 410 g/mol. The zero-order chi connectivity index (χ0) is 12.5. The second kappa shape index (κ2) is 5.45. The predicted molar refractivity (Wildman–Crippen MR) is 83.5 cm³/mol. The fraction of sp³-hybridized carbons (Fsp3) is 0.538. The van der Waals surface area contributed by atoms with Gasteiger partial charge in [0, 0.05) is 26.4 Å². The Bertz CT molecular complexity index is 408. The molecule has 0 aromatic heterocycles. The van der Waals surface area contributed by atoms with Crippen molar-refractivity contribution < 1.29 is 4.74 Å². The van der Waals surface area contributed by atoms with Gasteiger partial charge >= 0.3 is 0 Å². The summed E-state index contributed by atoms with van der Waals surface area (Å²) < 4.78 is 8.11. The van der Waals surface area contributed by atoms with Crippen molar-refractivity contribution >= 4 is 44.2 Å². The van der Waals surface area contributed by atoms with Crippen molar-refractivity contribution in [2.75, 3.05) is 11.9 Å². The molecule has 17 heavy (non-hydrogen) atoms. The van der Waals surface area contributed by atoms with Crippen LogP contribution in [0, 0.1) is 3.57 Å². The highest BCUT2D eigenvalue weighted by molar-refractivity contribution is 14.1.